The minimum Gasteiger partial charge on any atom is -0.481 e. The molecule has 1 saturated carbocycles. The van der Waals surface area contributed by atoms with Crippen molar-refractivity contribution in [3.8, 4) is 0 Å². The zero-order chi connectivity index (χ0) is 11.6. The predicted octanol–water partition coefficient (Wildman–Crippen LogP) is 2.22. The molecular formula is C12H23NO2. The molecule has 0 aromatic carbocycles. The number of hydrogen-bond donors (Lipinski definition) is 1. The summed E-state index contributed by atoms with van der Waals surface area (Å²) in [6.45, 7) is 3.69. The molecule has 1 aliphatic carbocycles. The van der Waals surface area contributed by atoms with Gasteiger partial charge in [-0.25, -0.2) is 0 Å². The molecule has 0 bridgehead atoms. The van der Waals surface area contributed by atoms with E-state index in [1.807, 2.05) is 27.9 Å². The highest BCUT2D eigenvalue weighted by molar-refractivity contribution is 5.74. The molecule has 1 aliphatic rings. The quantitative estimate of drug-likeness (QED) is 0.778. The van der Waals surface area contributed by atoms with Crippen LogP contribution in [0, 0.1) is 11.3 Å². The van der Waals surface area contributed by atoms with Crippen LogP contribution in [0.1, 0.15) is 39.5 Å². The van der Waals surface area contributed by atoms with Crippen molar-refractivity contribution in [3.05, 3.63) is 0 Å². The molecule has 1 rings (SSSR count). The summed E-state index contributed by atoms with van der Waals surface area (Å²) in [5, 5.41) is 9.29. The van der Waals surface area contributed by atoms with Gasteiger partial charge in [0.25, 0.3) is 0 Å². The molecule has 0 amide bonds. The van der Waals surface area contributed by atoms with Gasteiger partial charge in [-0.05, 0) is 46.7 Å². The number of hydrogen-bond acceptors (Lipinski definition) is 2. The average Bonchev–Trinajstić information content (AvgIpc) is 2.55. The number of carboxylic acid groups (broad SMARTS) is 1. The van der Waals surface area contributed by atoms with E-state index >= 15 is 0 Å². The van der Waals surface area contributed by atoms with Crippen molar-refractivity contribution in [3.63, 3.8) is 0 Å². The molecule has 88 valence electrons. The second-order valence-corrected chi connectivity index (χ2v) is 5.48. The second kappa shape index (κ2) is 4.52. The van der Waals surface area contributed by atoms with E-state index in [1.54, 1.807) is 0 Å². The average molecular weight is 213 g/mol. The van der Waals surface area contributed by atoms with Gasteiger partial charge in [-0.15, -0.1) is 0 Å². The van der Waals surface area contributed by atoms with Crippen LogP contribution in [-0.4, -0.2) is 36.1 Å². The van der Waals surface area contributed by atoms with Crippen molar-refractivity contribution < 1.29 is 9.90 Å². The van der Waals surface area contributed by atoms with Crippen LogP contribution in [0.4, 0.5) is 0 Å². The molecule has 0 aromatic heterocycles. The highest BCUT2D eigenvalue weighted by Gasteiger charge is 2.43. The van der Waals surface area contributed by atoms with Gasteiger partial charge in [-0.3, -0.25) is 4.79 Å². The molecule has 1 unspecified atom stereocenters. The summed E-state index contributed by atoms with van der Waals surface area (Å²) in [7, 11) is 3.99. The molecule has 0 aromatic rings. The van der Waals surface area contributed by atoms with E-state index in [1.165, 1.54) is 25.7 Å². The SMILES string of the molecule is CN(C)C(C1CCCC1)C(C)(C)C(=O)O. The summed E-state index contributed by atoms with van der Waals surface area (Å²) in [4.78, 5) is 13.4. The molecule has 0 radical (unpaired) electrons. The molecule has 3 nitrogen and oxygen atoms in total. The third-order valence-electron chi connectivity index (χ3n) is 3.69. The Kier molecular flexibility index (Phi) is 3.77. The van der Waals surface area contributed by atoms with E-state index < -0.39 is 11.4 Å². The fraction of sp³-hybridized carbons (Fsp3) is 0.917. The lowest BCUT2D eigenvalue weighted by Crippen LogP contribution is -2.49. The van der Waals surface area contributed by atoms with Crippen LogP contribution in [0.2, 0.25) is 0 Å². The Morgan fingerprint density at radius 1 is 1.33 bits per heavy atom. The first-order valence-corrected chi connectivity index (χ1v) is 5.77. The Labute approximate surface area is 92.5 Å². The van der Waals surface area contributed by atoms with Gasteiger partial charge in [0, 0.05) is 6.04 Å². The molecule has 3 heteroatoms. The fourth-order valence-corrected chi connectivity index (χ4v) is 3.06. The van der Waals surface area contributed by atoms with Crippen LogP contribution in [-0.2, 0) is 4.79 Å². The van der Waals surface area contributed by atoms with Gasteiger partial charge in [-0.1, -0.05) is 12.8 Å². The van der Waals surface area contributed by atoms with Crippen LogP contribution in [0.15, 0.2) is 0 Å². The number of carboxylic acids is 1. The van der Waals surface area contributed by atoms with E-state index in [4.69, 9.17) is 0 Å². The van der Waals surface area contributed by atoms with Crippen molar-refractivity contribution in [2.45, 2.75) is 45.6 Å². The van der Waals surface area contributed by atoms with Crippen LogP contribution in [0.3, 0.4) is 0 Å². The maximum atomic E-state index is 11.3. The van der Waals surface area contributed by atoms with Gasteiger partial charge in [0.1, 0.15) is 0 Å². The van der Waals surface area contributed by atoms with Gasteiger partial charge in [0.05, 0.1) is 5.41 Å². The number of nitrogens with zero attached hydrogens (tertiary/aromatic N) is 1. The Morgan fingerprint density at radius 2 is 1.80 bits per heavy atom. The van der Waals surface area contributed by atoms with E-state index in [0.29, 0.717) is 5.92 Å². The lowest BCUT2D eigenvalue weighted by atomic mass is 9.76. The molecule has 1 fully saturated rings. The second-order valence-electron chi connectivity index (χ2n) is 5.48. The van der Waals surface area contributed by atoms with E-state index in [2.05, 4.69) is 4.90 Å². The Balaban J connectivity index is 2.85. The zero-order valence-electron chi connectivity index (χ0n) is 10.3. The molecular weight excluding hydrogens is 190 g/mol. The number of rotatable bonds is 4. The van der Waals surface area contributed by atoms with Crippen LogP contribution >= 0.6 is 0 Å². The fourth-order valence-electron chi connectivity index (χ4n) is 3.06. The van der Waals surface area contributed by atoms with Gasteiger partial charge in [0.2, 0.25) is 0 Å². The van der Waals surface area contributed by atoms with E-state index in [-0.39, 0.29) is 6.04 Å². The largest absolute Gasteiger partial charge is 0.481 e. The highest BCUT2D eigenvalue weighted by Crippen LogP contribution is 2.38. The predicted molar refractivity (Wildman–Crippen MR) is 60.8 cm³/mol. The van der Waals surface area contributed by atoms with Crippen LogP contribution in [0.5, 0.6) is 0 Å². The maximum absolute atomic E-state index is 11.3. The Morgan fingerprint density at radius 3 is 2.13 bits per heavy atom. The Bertz CT molecular complexity index is 230. The van der Waals surface area contributed by atoms with Gasteiger partial charge < -0.3 is 10.0 Å². The third-order valence-corrected chi connectivity index (χ3v) is 3.69. The normalized spacial score (nSPS) is 20.9. The summed E-state index contributed by atoms with van der Waals surface area (Å²) < 4.78 is 0. The van der Waals surface area contributed by atoms with E-state index in [9.17, 15) is 9.90 Å². The van der Waals surface area contributed by atoms with Crippen molar-refractivity contribution in [2.75, 3.05) is 14.1 Å². The van der Waals surface area contributed by atoms with Crippen LogP contribution < -0.4 is 0 Å². The minimum absolute atomic E-state index is 0.150. The van der Waals surface area contributed by atoms with Gasteiger partial charge in [0.15, 0.2) is 0 Å². The van der Waals surface area contributed by atoms with Crippen LogP contribution in [0.25, 0.3) is 0 Å². The van der Waals surface area contributed by atoms with Crippen molar-refractivity contribution in [2.24, 2.45) is 11.3 Å². The number of aliphatic carboxylic acids is 1. The molecule has 0 saturated heterocycles. The zero-order valence-corrected chi connectivity index (χ0v) is 10.3. The first-order valence-electron chi connectivity index (χ1n) is 5.77. The molecule has 1 N–H and O–H groups in total. The maximum Gasteiger partial charge on any atom is 0.310 e. The monoisotopic (exact) mass is 213 g/mol. The standard InChI is InChI=1S/C12H23NO2/c1-12(2,11(14)15)10(13(3)4)9-7-5-6-8-9/h9-10H,5-8H2,1-4H3,(H,14,15). The summed E-state index contributed by atoms with van der Waals surface area (Å²) >= 11 is 0. The Hall–Kier alpha value is -0.570. The third kappa shape index (κ3) is 2.51. The first-order chi connectivity index (χ1) is 6.87. The smallest absolute Gasteiger partial charge is 0.310 e. The lowest BCUT2D eigenvalue weighted by Gasteiger charge is -2.39. The highest BCUT2D eigenvalue weighted by atomic mass is 16.4. The lowest BCUT2D eigenvalue weighted by molar-refractivity contribution is -0.152. The molecule has 15 heavy (non-hydrogen) atoms. The summed E-state index contributed by atoms with van der Waals surface area (Å²) in [6.07, 6.45) is 4.87. The molecule has 0 heterocycles. The molecule has 1 atom stereocenters. The van der Waals surface area contributed by atoms with Crippen molar-refractivity contribution >= 4 is 5.97 Å². The molecule has 0 aliphatic heterocycles. The first kappa shape index (κ1) is 12.5. The van der Waals surface area contributed by atoms with Gasteiger partial charge >= 0.3 is 5.97 Å². The minimum atomic E-state index is -0.687. The topological polar surface area (TPSA) is 40.5 Å². The van der Waals surface area contributed by atoms with Crippen molar-refractivity contribution in [1.29, 1.82) is 0 Å². The summed E-state index contributed by atoms with van der Waals surface area (Å²) in [6, 6.07) is 0.150. The van der Waals surface area contributed by atoms with Crippen molar-refractivity contribution in [1.82, 2.24) is 4.90 Å². The molecule has 0 spiro atoms. The van der Waals surface area contributed by atoms with Gasteiger partial charge in [-0.2, -0.15) is 0 Å². The summed E-state index contributed by atoms with van der Waals surface area (Å²) in [5.41, 5.74) is -0.654. The summed E-state index contributed by atoms with van der Waals surface area (Å²) in [5.74, 6) is -0.140. The van der Waals surface area contributed by atoms with E-state index in [0.717, 1.165) is 0 Å². The number of carbonyl (C=O) groups is 1.